The summed E-state index contributed by atoms with van der Waals surface area (Å²) < 4.78 is 0. The van der Waals surface area contributed by atoms with E-state index < -0.39 is 261 Å². The molecule has 690 valence electrons. The Morgan fingerprint density at radius 2 is 1.06 bits per heavy atom. The molecule has 0 bridgehead atoms. The molecule has 17 amide bonds. The Bertz CT molecular complexity index is 4840. The van der Waals surface area contributed by atoms with Crippen LogP contribution < -0.4 is 70.4 Å². The fourth-order valence-electron chi connectivity index (χ4n) is 15.4. The number of nitrogens with zero attached hydrogens (tertiary/aromatic N) is 5. The Morgan fingerprint density at radius 1 is 0.535 bits per heavy atom. The molecule has 5 heterocycles. The average Bonchev–Trinajstić information content (AvgIpc) is 1.68. The lowest BCUT2D eigenvalue weighted by atomic mass is 10.00. The number of thioether (sulfide) groups is 1. The van der Waals surface area contributed by atoms with Crippen molar-refractivity contribution >= 4 is 140 Å². The first kappa shape index (κ1) is 99.7. The summed E-state index contributed by atoms with van der Waals surface area (Å²) in [7, 11) is 3.84. The van der Waals surface area contributed by atoms with E-state index >= 15 is 28.8 Å². The number of carboxylic acids is 1. The van der Waals surface area contributed by atoms with Crippen LogP contribution in [0.1, 0.15) is 121 Å². The highest BCUT2D eigenvalue weighted by Gasteiger charge is 2.46. The third-order valence-corrected chi connectivity index (χ3v) is 23.7. The van der Waals surface area contributed by atoms with E-state index in [1.807, 2.05) is 13.8 Å². The van der Waals surface area contributed by atoms with E-state index in [1.54, 1.807) is 60.9 Å². The number of fused-ring (bicyclic) bond motifs is 4. The summed E-state index contributed by atoms with van der Waals surface area (Å²) in [6.07, 6.45) is -0.111. The third-order valence-electron chi connectivity index (χ3n) is 22.7. The van der Waals surface area contributed by atoms with Crippen molar-refractivity contribution < 1.29 is 107 Å². The fraction of sp³-hybridized carbons (Fsp3) is 0.524. The predicted molar refractivity (Wildman–Crippen MR) is 460 cm³/mol. The van der Waals surface area contributed by atoms with Gasteiger partial charge in [0.1, 0.15) is 90.3 Å². The molecule has 22 N–H and O–H groups in total. The molecule has 15 atom stereocenters. The van der Waals surface area contributed by atoms with Gasteiger partial charge in [0.15, 0.2) is 0 Å². The quantitative estimate of drug-likeness (QED) is 0.0311. The molecule has 1 unspecified atom stereocenters. The van der Waals surface area contributed by atoms with E-state index in [4.69, 9.17) is 17.2 Å². The fourth-order valence-corrected chi connectivity index (χ4v) is 16.2. The number of rotatable bonds is 22. The standard InChI is InChI=1S/C84H116N20O22S/c1-8-10-21-63-77(119)91-44(3)71(113)99-62(73(115)90-39-68(87)109)42-127-43-69(110)92-57(31-46-24-26-49(106)27-25-46)80(122)100(5)45(4)72(114)95-59(35-70(111)112)83(125)103-30-16-23-64(103)78(120)97-60(36-85)75(117)93-55(28-29-67(86)108)82(124)104-40-50(107)34-66(104)79(121)94-56(32-47-37-88-53-19-14-12-17-51(47)53)74(116)98-61(41-105)76(118)96-58(33-48-38-89-54-20-15-13-18-52(48)54)81(123)102(7)65(22-11-9-2)84(126)101(63)6/h12-15,17-20,24-27,37-38,44-45,50,55-66,88-89,105-107H,8-11,16,21-23,28-36,39-43,85H2,1-7H3,(H2,86,108)(H2,87,109)(H,90,115)(H,91,119)(H,92,110)(H,93,117)(H,94,121)(H,95,114)(H,96,118)(H,97,120)(H,98,116)(H,99,113)(H,111,112)/t44-,45-,50+,55-,56-,57-,58-,59-,60-,61-,62-,63-,64?,65-,66-/m0/s1. The molecule has 42 nitrogen and oxygen atoms in total. The number of aliphatic carboxylic acids is 1. The number of nitrogens with two attached hydrogens (primary N) is 3. The molecule has 0 aliphatic carbocycles. The molecule has 0 spiro atoms. The minimum absolute atomic E-state index is 0.00123. The smallest absolute Gasteiger partial charge is 0.305 e. The van der Waals surface area contributed by atoms with Gasteiger partial charge in [-0.05, 0) is 86.9 Å². The number of aromatic hydroxyl groups is 1. The lowest BCUT2D eigenvalue weighted by Gasteiger charge is -2.36. The number of carbonyl (C=O) groups is 18. The third kappa shape index (κ3) is 27.1. The summed E-state index contributed by atoms with van der Waals surface area (Å²) in [5.41, 5.74) is 19.6. The van der Waals surface area contributed by atoms with Gasteiger partial charge < -0.3 is 125 Å². The number of phenolic OH excluding ortho intramolecular Hbond substituents is 1. The van der Waals surface area contributed by atoms with E-state index in [-0.39, 0.29) is 57.2 Å². The largest absolute Gasteiger partial charge is 0.508 e. The molecule has 2 aromatic heterocycles. The number of aromatic amines is 2. The molecule has 3 aliphatic heterocycles. The molecule has 3 saturated heterocycles. The molecule has 43 heteroatoms. The van der Waals surface area contributed by atoms with Crippen molar-refractivity contribution in [1.82, 2.24) is 87.6 Å². The van der Waals surface area contributed by atoms with Gasteiger partial charge in [0, 0.05) is 113 Å². The lowest BCUT2D eigenvalue weighted by molar-refractivity contribution is -0.149. The maximum atomic E-state index is 15.6. The van der Waals surface area contributed by atoms with Gasteiger partial charge in [-0.1, -0.05) is 88.1 Å². The summed E-state index contributed by atoms with van der Waals surface area (Å²) in [5.74, 6) is -19.5. The number of carboxylic acid groups (broad SMARTS) is 1. The number of primary amides is 2. The SMILES string of the molecule is CCCC[C@H]1C(=O)N(C)[C@@H](CCCC)C(=O)N[C@@H](C)C(=O)N[C@H](C(=O)NCC(N)=O)CSCC(=O)N[C@@H](Cc2ccc(O)cc2)C(=O)N(C)[C@@H](C)C(=O)N[C@@H](CC(=O)O)C(=O)N2CCCC2C(=O)N[C@@H](CN)C(=O)N[C@@H](CCC(N)=O)C(=O)N2C[C@H](O)C[C@H]2C(=O)N[C@@H](Cc2c[nH]c3ccccc23)C(=O)N[C@@H](CO)C(=O)N[C@@H](Cc2c[nH]c3ccccc23)C(=O)N1C. The van der Waals surface area contributed by atoms with Crippen molar-refractivity contribution in [1.29, 1.82) is 0 Å². The summed E-state index contributed by atoms with van der Waals surface area (Å²) in [6, 6.07) is -3.19. The van der Waals surface area contributed by atoms with Gasteiger partial charge in [-0.3, -0.25) is 86.3 Å². The van der Waals surface area contributed by atoms with Gasteiger partial charge in [0.2, 0.25) is 100 Å². The Morgan fingerprint density at radius 3 is 1.66 bits per heavy atom. The first-order chi connectivity index (χ1) is 60.4. The highest BCUT2D eigenvalue weighted by Crippen LogP contribution is 2.27. The zero-order valence-corrected chi connectivity index (χ0v) is 72.6. The number of nitrogens with one attached hydrogen (secondary N) is 12. The monoisotopic (exact) mass is 1790 g/mol. The van der Waals surface area contributed by atoms with E-state index in [2.05, 4.69) is 63.1 Å². The molecular weight excluding hydrogens is 1670 g/mol. The second-order valence-electron chi connectivity index (χ2n) is 31.9. The van der Waals surface area contributed by atoms with Crippen LogP contribution >= 0.6 is 11.8 Å². The topological polar surface area (TPSA) is 634 Å². The Kier molecular flexibility index (Phi) is 36.9. The highest BCUT2D eigenvalue weighted by atomic mass is 32.2. The maximum Gasteiger partial charge on any atom is 0.305 e. The molecule has 127 heavy (non-hydrogen) atoms. The second kappa shape index (κ2) is 47.0. The van der Waals surface area contributed by atoms with Crippen LogP contribution in [0.3, 0.4) is 0 Å². The Hall–Kier alpha value is -12.8. The molecular formula is C84H116N20O22S. The minimum Gasteiger partial charge on any atom is -0.508 e. The van der Waals surface area contributed by atoms with Crippen LogP contribution in [0, 0.1) is 0 Å². The predicted octanol–water partition coefficient (Wildman–Crippen LogP) is -4.36. The number of H-pyrrole nitrogens is 2. The number of likely N-dealkylation sites (N-methyl/N-ethyl adjacent to an activating group) is 3. The summed E-state index contributed by atoms with van der Waals surface area (Å²) >= 11 is 0.759. The molecule has 3 aromatic carbocycles. The highest BCUT2D eigenvalue weighted by molar-refractivity contribution is 8.00. The number of phenols is 1. The number of aliphatic hydroxyl groups excluding tert-OH is 2. The average molecular weight is 1790 g/mol. The molecule has 0 radical (unpaired) electrons. The molecule has 3 aliphatic rings. The maximum absolute atomic E-state index is 15.6. The zero-order chi connectivity index (χ0) is 93.2. The molecule has 5 aromatic rings. The van der Waals surface area contributed by atoms with Crippen molar-refractivity contribution in [2.45, 2.75) is 215 Å². The number of unbranched alkanes of at least 4 members (excludes halogenated alkanes) is 2. The van der Waals surface area contributed by atoms with Gasteiger partial charge in [-0.2, -0.15) is 0 Å². The van der Waals surface area contributed by atoms with Crippen LogP contribution in [0.25, 0.3) is 21.8 Å². The van der Waals surface area contributed by atoms with Crippen LogP contribution in [0.4, 0.5) is 0 Å². The van der Waals surface area contributed by atoms with Gasteiger partial charge in [-0.25, -0.2) is 0 Å². The second-order valence-corrected chi connectivity index (χ2v) is 33.0. The Balaban J connectivity index is 1.16. The number of benzene rings is 3. The van der Waals surface area contributed by atoms with Gasteiger partial charge in [0.25, 0.3) is 0 Å². The molecule has 3 fully saturated rings. The van der Waals surface area contributed by atoms with Crippen LogP contribution in [-0.2, 0) is 106 Å². The van der Waals surface area contributed by atoms with E-state index in [0.717, 1.165) is 36.3 Å². The summed E-state index contributed by atoms with van der Waals surface area (Å²) in [6.45, 7) is 2.88. The Labute approximate surface area is 735 Å². The van der Waals surface area contributed by atoms with Crippen LogP contribution in [0.5, 0.6) is 5.75 Å². The number of aromatic nitrogens is 2. The zero-order valence-electron chi connectivity index (χ0n) is 71.8. The number of hydrogen-bond acceptors (Lipinski definition) is 23. The minimum atomic E-state index is -1.92. The van der Waals surface area contributed by atoms with Crippen molar-refractivity contribution in [3.05, 3.63) is 102 Å². The van der Waals surface area contributed by atoms with Crippen molar-refractivity contribution in [2.75, 3.05) is 65.4 Å². The first-order valence-corrected chi connectivity index (χ1v) is 43.2. The lowest BCUT2D eigenvalue weighted by Crippen LogP contribution is -2.62. The number of hydrogen-bond donors (Lipinski definition) is 19. The van der Waals surface area contributed by atoms with Crippen LogP contribution in [0.15, 0.2) is 85.2 Å². The van der Waals surface area contributed by atoms with Crippen molar-refractivity contribution in [3.63, 3.8) is 0 Å². The molecule has 8 rings (SSSR count). The number of carbonyl (C=O) groups excluding carboxylic acids is 17. The van der Waals surface area contributed by atoms with Gasteiger partial charge in [-0.15, -0.1) is 11.8 Å². The first-order valence-electron chi connectivity index (χ1n) is 42.0. The van der Waals surface area contributed by atoms with E-state index in [9.17, 15) is 78.0 Å². The van der Waals surface area contributed by atoms with Crippen LogP contribution in [-0.4, -0.2) is 317 Å². The summed E-state index contributed by atoms with van der Waals surface area (Å²) in [4.78, 5) is 269. The summed E-state index contributed by atoms with van der Waals surface area (Å²) in [5, 5.41) is 69.2. The van der Waals surface area contributed by atoms with Crippen molar-refractivity contribution in [2.24, 2.45) is 17.2 Å². The van der Waals surface area contributed by atoms with Crippen molar-refractivity contribution in [3.8, 4) is 5.75 Å². The number of para-hydroxylation sites is 2. The van der Waals surface area contributed by atoms with E-state index in [1.165, 1.54) is 59.3 Å². The normalized spacial score (nSPS) is 25.6. The van der Waals surface area contributed by atoms with Gasteiger partial charge in [0.05, 0.1) is 31.4 Å². The van der Waals surface area contributed by atoms with E-state index in [0.29, 0.717) is 64.2 Å². The number of aliphatic hydroxyl groups is 2. The number of amides is 17. The molecule has 0 saturated carbocycles. The van der Waals surface area contributed by atoms with Gasteiger partial charge >= 0.3 is 5.97 Å². The van der Waals surface area contributed by atoms with Crippen LogP contribution in [0.2, 0.25) is 0 Å².